The largest absolute Gasteiger partial charge is 0.496 e. The molecule has 496 valence electrons. The molecule has 0 atom stereocenters. The smallest absolute Gasteiger partial charge is 0.481 e. The van der Waals surface area contributed by atoms with Crippen LogP contribution < -0.4 is 26.3 Å². The minimum Gasteiger partial charge on any atom is -0.481 e. The zero-order valence-electron chi connectivity index (χ0n) is 57.0. The van der Waals surface area contributed by atoms with E-state index >= 15 is 0 Å². The Morgan fingerprint density at radius 2 is 1.00 bits per heavy atom. The minimum absolute atomic E-state index is 0. The molecule has 11 rings (SSSR count). The minimum atomic E-state index is -1.82. The highest BCUT2D eigenvalue weighted by Crippen LogP contribution is 2.44. The summed E-state index contributed by atoms with van der Waals surface area (Å²) in [5.41, 5.74) is 9.88. The van der Waals surface area contributed by atoms with Crippen molar-refractivity contribution in [3.63, 3.8) is 0 Å². The summed E-state index contributed by atoms with van der Waals surface area (Å²) in [4.78, 5) is 44.6. The van der Waals surface area contributed by atoms with E-state index in [2.05, 4.69) is 123 Å². The topological polar surface area (TPSA) is 161 Å². The van der Waals surface area contributed by atoms with Crippen molar-refractivity contribution in [1.29, 1.82) is 0 Å². The number of rotatable bonds is 10. The van der Waals surface area contributed by atoms with E-state index in [1.807, 2.05) is 108 Å². The zero-order chi connectivity index (χ0) is 66.4. The fourth-order valence-electron chi connectivity index (χ4n) is 11.8. The SMILES string of the molecule is C.CC(Cl)Cl.COc1ncc(-c2ccc3ncc4c(c3c2)n(C2CCC(O[Si](C)(C)C(C)(C)C)CC2)c(=O)n4C)cc1C.COc1ncc(B2OC(C)(C)C(C)(C)O2)cc1C.Cn1c(=O)n(C2CCC(O[Si](C)(C)C(C)(C)C)CC2)c2c3cc(Br)ccc3ncc21. The van der Waals surface area contributed by atoms with E-state index in [0.717, 1.165) is 127 Å². The van der Waals surface area contributed by atoms with Crippen LogP contribution >= 0.6 is 39.1 Å². The van der Waals surface area contributed by atoms with E-state index in [4.69, 9.17) is 55.8 Å². The molecular weight excluding hydrogens is 1290 g/mol. The fraction of sp³-hybridized carbons (Fsp3) is 0.565. The van der Waals surface area contributed by atoms with Gasteiger partial charge in [-0.05, 0) is 178 Å². The van der Waals surface area contributed by atoms with Crippen LogP contribution in [0, 0.1) is 13.8 Å². The average molecular weight is 1390 g/mol. The molecule has 2 aromatic carbocycles. The highest BCUT2D eigenvalue weighted by molar-refractivity contribution is 9.10. The van der Waals surface area contributed by atoms with Crippen molar-refractivity contribution in [2.45, 2.75) is 225 Å². The molecule has 91 heavy (non-hydrogen) atoms. The van der Waals surface area contributed by atoms with Gasteiger partial charge in [-0.2, -0.15) is 0 Å². The third-order valence-corrected chi connectivity index (χ3v) is 29.2. The summed E-state index contributed by atoms with van der Waals surface area (Å²) >= 11 is 13.7. The highest BCUT2D eigenvalue weighted by atomic mass is 79.9. The van der Waals surface area contributed by atoms with Gasteiger partial charge in [-0.15, -0.1) is 23.2 Å². The van der Waals surface area contributed by atoms with E-state index in [0.29, 0.717) is 17.9 Å². The summed E-state index contributed by atoms with van der Waals surface area (Å²) in [6.45, 7) is 36.8. The molecule has 1 aliphatic heterocycles. The Labute approximate surface area is 561 Å². The first-order chi connectivity index (χ1) is 41.9. The molecule has 3 fully saturated rings. The van der Waals surface area contributed by atoms with E-state index in [9.17, 15) is 9.59 Å². The fourth-order valence-corrected chi connectivity index (χ4v) is 15.0. The lowest BCUT2D eigenvalue weighted by Gasteiger charge is -2.41. The molecule has 7 heterocycles. The number of hydrogen-bond donors (Lipinski definition) is 0. The number of methoxy groups -OCH3 is 2. The van der Waals surface area contributed by atoms with E-state index < -0.39 is 16.6 Å². The van der Waals surface area contributed by atoms with Crippen LogP contribution in [0.3, 0.4) is 0 Å². The maximum Gasteiger partial charge on any atom is 0.496 e. The van der Waals surface area contributed by atoms with Crippen molar-refractivity contribution in [1.82, 2.24) is 38.2 Å². The van der Waals surface area contributed by atoms with Crippen LogP contribution in [0.15, 0.2) is 87.4 Å². The summed E-state index contributed by atoms with van der Waals surface area (Å²) in [5, 5.41) is 2.43. The quantitative estimate of drug-likeness (QED) is 0.0943. The summed E-state index contributed by atoms with van der Waals surface area (Å²) in [7, 11) is 2.98. The lowest BCUT2D eigenvalue weighted by Crippen LogP contribution is -2.45. The number of aryl methyl sites for hydroxylation is 4. The molecule has 6 aromatic heterocycles. The third kappa shape index (κ3) is 15.9. The summed E-state index contributed by atoms with van der Waals surface area (Å²) in [5.74, 6) is 1.26. The number of aromatic nitrogens is 8. The van der Waals surface area contributed by atoms with E-state index in [1.54, 1.807) is 36.5 Å². The number of ether oxygens (including phenoxy) is 2. The Kier molecular flexibility index (Phi) is 23.1. The first-order valence-electron chi connectivity index (χ1n) is 31.6. The molecule has 0 N–H and O–H groups in total. The van der Waals surface area contributed by atoms with Gasteiger partial charge in [0, 0.05) is 88.2 Å². The van der Waals surface area contributed by atoms with E-state index in [-0.39, 0.29) is 70.2 Å². The van der Waals surface area contributed by atoms with Gasteiger partial charge in [0.25, 0.3) is 0 Å². The Hall–Kier alpha value is -4.90. The van der Waals surface area contributed by atoms with Gasteiger partial charge >= 0.3 is 18.5 Å². The average Bonchev–Trinajstić information content (AvgIpc) is 1.63. The third-order valence-electron chi connectivity index (χ3n) is 19.7. The van der Waals surface area contributed by atoms with Gasteiger partial charge in [-0.1, -0.05) is 77.0 Å². The number of hydrogen-bond acceptors (Lipinski definition) is 12. The molecule has 2 saturated carbocycles. The molecule has 1 saturated heterocycles. The molecule has 2 aliphatic carbocycles. The van der Waals surface area contributed by atoms with Gasteiger partial charge in [0.15, 0.2) is 16.6 Å². The molecular formula is C69H100BBrCl2N8O8Si2. The first kappa shape index (κ1) is 73.5. The Bertz CT molecular complexity index is 3970. The standard InChI is InChI=1S/C30H40N4O3Si.C23H32BrN3O2Si.C13H20BNO3.C2H4Cl2.CH4/c1-19-15-21(17-32-28(19)36-6)20-9-14-25-24(16-20)27-26(18-31-25)33(5)29(35)34(27)22-10-12-23(13-11-22)37-38(7,8)30(2,3)4;1-23(2,3)30(5,6)29-17-10-8-16(9-11-17)27-21-18-13-15(24)7-12-19(18)25-14-20(21)26(4)22(27)28;1-9-7-10(8-15-11(9)16-6)14-17-12(2,3)13(4,5)18-14;1-2(3)4;/h9,14-18,22-23H,10-13H2,1-8H3;7,12-14,16-17H,8-11H2,1-6H3;7-8H,1-6H3;2H,1H3;1H4. The molecule has 8 aromatic rings. The Morgan fingerprint density at radius 3 is 1.40 bits per heavy atom. The second kappa shape index (κ2) is 28.6. The van der Waals surface area contributed by atoms with Crippen molar-refractivity contribution in [3.05, 3.63) is 110 Å². The predicted molar refractivity (Wildman–Crippen MR) is 385 cm³/mol. The molecule has 22 heteroatoms. The number of benzene rings is 2. The molecule has 0 spiro atoms. The van der Waals surface area contributed by atoms with Crippen molar-refractivity contribution in [2.75, 3.05) is 14.2 Å². The van der Waals surface area contributed by atoms with Crippen LogP contribution in [0.25, 0.3) is 55.0 Å². The second-order valence-electron chi connectivity index (χ2n) is 28.7. The van der Waals surface area contributed by atoms with Crippen LogP contribution in [0.5, 0.6) is 11.8 Å². The molecule has 0 amide bonds. The number of alkyl halides is 2. The monoisotopic (exact) mass is 1380 g/mol. The van der Waals surface area contributed by atoms with Gasteiger partial charge < -0.3 is 27.6 Å². The van der Waals surface area contributed by atoms with Crippen LogP contribution in [-0.4, -0.2) is 104 Å². The maximum absolute atomic E-state index is 13.6. The first-order valence-corrected chi connectivity index (χ1v) is 39.0. The lowest BCUT2D eigenvalue weighted by molar-refractivity contribution is 0.00578. The van der Waals surface area contributed by atoms with E-state index in [1.165, 1.54) is 0 Å². The normalized spacial score (nSPS) is 19.3. The van der Waals surface area contributed by atoms with Crippen LogP contribution in [0.2, 0.25) is 36.3 Å². The van der Waals surface area contributed by atoms with Gasteiger partial charge in [0.2, 0.25) is 11.8 Å². The van der Waals surface area contributed by atoms with Crippen LogP contribution in [0.4, 0.5) is 0 Å². The number of halogens is 3. The van der Waals surface area contributed by atoms with Crippen molar-refractivity contribution >= 4 is 112 Å². The van der Waals surface area contributed by atoms with Crippen LogP contribution in [-0.2, 0) is 32.3 Å². The predicted octanol–water partition coefficient (Wildman–Crippen LogP) is 17.1. The van der Waals surface area contributed by atoms with Crippen molar-refractivity contribution < 1.29 is 27.6 Å². The maximum atomic E-state index is 13.6. The number of pyridine rings is 4. The Balaban J connectivity index is 0.000000197. The van der Waals surface area contributed by atoms with Crippen LogP contribution in [0.1, 0.15) is 158 Å². The number of nitrogens with zero attached hydrogens (tertiary/aromatic N) is 8. The Morgan fingerprint density at radius 1 is 0.604 bits per heavy atom. The summed E-state index contributed by atoms with van der Waals surface area (Å²) in [6.07, 6.45) is 15.6. The zero-order valence-corrected chi connectivity index (χ0v) is 62.1. The second-order valence-corrected chi connectivity index (χ2v) is 40.6. The number of imidazole rings is 2. The molecule has 0 radical (unpaired) electrons. The van der Waals surface area contributed by atoms with Crippen molar-refractivity contribution in [2.24, 2.45) is 14.1 Å². The number of fused-ring (bicyclic) bond motifs is 6. The van der Waals surface area contributed by atoms with Crippen molar-refractivity contribution in [3.8, 4) is 22.9 Å². The molecule has 0 unspecified atom stereocenters. The van der Waals surface area contributed by atoms with Gasteiger partial charge in [0.05, 0.1) is 70.9 Å². The molecule has 3 aliphatic rings. The highest BCUT2D eigenvalue weighted by Gasteiger charge is 2.52. The summed E-state index contributed by atoms with van der Waals surface area (Å²) < 4.78 is 44.4. The van der Waals surface area contributed by atoms with Gasteiger partial charge in [-0.25, -0.2) is 19.6 Å². The van der Waals surface area contributed by atoms with Gasteiger partial charge in [0.1, 0.15) is 4.84 Å². The van der Waals surface area contributed by atoms with Gasteiger partial charge in [-0.3, -0.25) is 28.2 Å². The molecule has 16 nitrogen and oxygen atoms in total. The molecule has 0 bridgehead atoms. The lowest BCUT2D eigenvalue weighted by atomic mass is 9.80. The summed E-state index contributed by atoms with van der Waals surface area (Å²) in [6, 6.07) is 16.8.